The van der Waals surface area contributed by atoms with E-state index in [9.17, 15) is 14.9 Å². The highest BCUT2D eigenvalue weighted by molar-refractivity contribution is 6.01. The first kappa shape index (κ1) is 23.0. The van der Waals surface area contributed by atoms with E-state index in [1.165, 1.54) is 0 Å². The SMILES string of the molecule is C[C@@H](OC(=O)Nc1ccc(-c2c(C#N)c3ccc(C(=O)N(C)C)cc3n2C2CCC2)cc1)C1CC1. The summed E-state index contributed by atoms with van der Waals surface area (Å²) in [5.74, 6) is 0.418. The molecule has 0 aliphatic heterocycles. The summed E-state index contributed by atoms with van der Waals surface area (Å²) in [5.41, 5.74) is 4.52. The molecule has 180 valence electrons. The lowest BCUT2D eigenvalue weighted by Crippen LogP contribution is -2.22. The average molecular weight is 471 g/mol. The van der Waals surface area contributed by atoms with E-state index in [0.29, 0.717) is 22.7 Å². The summed E-state index contributed by atoms with van der Waals surface area (Å²) in [7, 11) is 3.48. The summed E-state index contributed by atoms with van der Waals surface area (Å²) in [6.45, 7) is 1.93. The van der Waals surface area contributed by atoms with Gasteiger partial charge in [0.15, 0.2) is 0 Å². The van der Waals surface area contributed by atoms with Gasteiger partial charge >= 0.3 is 6.09 Å². The smallest absolute Gasteiger partial charge is 0.411 e. The van der Waals surface area contributed by atoms with Gasteiger partial charge < -0.3 is 14.2 Å². The zero-order valence-electron chi connectivity index (χ0n) is 20.4. The van der Waals surface area contributed by atoms with Crippen molar-refractivity contribution in [2.45, 2.75) is 51.2 Å². The first-order valence-electron chi connectivity index (χ1n) is 12.2. The van der Waals surface area contributed by atoms with Crippen LogP contribution >= 0.6 is 0 Å². The number of hydrogen-bond acceptors (Lipinski definition) is 4. The van der Waals surface area contributed by atoms with E-state index in [4.69, 9.17) is 4.74 Å². The molecule has 2 aliphatic rings. The molecule has 2 amide bonds. The van der Waals surface area contributed by atoms with E-state index in [-0.39, 0.29) is 18.1 Å². The third-order valence-corrected chi connectivity index (χ3v) is 7.19. The predicted octanol–water partition coefficient (Wildman–Crippen LogP) is 5.95. The molecule has 3 aromatic rings. The van der Waals surface area contributed by atoms with Gasteiger partial charge in [0.1, 0.15) is 12.2 Å². The van der Waals surface area contributed by atoms with Crippen molar-refractivity contribution in [2.75, 3.05) is 19.4 Å². The molecule has 0 spiro atoms. The van der Waals surface area contributed by atoms with E-state index < -0.39 is 6.09 Å². The van der Waals surface area contributed by atoms with Crippen LogP contribution in [0.25, 0.3) is 22.2 Å². The fraction of sp³-hybridized carbons (Fsp3) is 0.393. The second-order valence-electron chi connectivity index (χ2n) is 9.87. The number of nitriles is 1. The van der Waals surface area contributed by atoms with Crippen LogP contribution in [0.4, 0.5) is 10.5 Å². The molecule has 2 aliphatic carbocycles. The number of rotatable bonds is 6. The number of carbonyl (C=O) groups excluding carboxylic acids is 2. The fourth-order valence-electron chi connectivity index (χ4n) is 4.81. The maximum atomic E-state index is 12.6. The molecular weight excluding hydrogens is 440 g/mol. The average Bonchev–Trinajstić information content (AvgIpc) is 3.61. The molecule has 35 heavy (non-hydrogen) atoms. The number of fused-ring (bicyclic) bond motifs is 1. The van der Waals surface area contributed by atoms with Crippen LogP contribution < -0.4 is 5.32 Å². The first-order chi connectivity index (χ1) is 16.9. The minimum atomic E-state index is -0.448. The zero-order valence-corrected chi connectivity index (χ0v) is 20.4. The van der Waals surface area contributed by atoms with Gasteiger partial charge in [-0.2, -0.15) is 5.26 Å². The topological polar surface area (TPSA) is 87.4 Å². The van der Waals surface area contributed by atoms with Crippen molar-refractivity contribution in [1.29, 1.82) is 5.26 Å². The summed E-state index contributed by atoms with van der Waals surface area (Å²) in [4.78, 5) is 26.4. The molecule has 1 aromatic heterocycles. The Balaban J connectivity index is 1.51. The van der Waals surface area contributed by atoms with Crippen molar-refractivity contribution in [2.24, 2.45) is 5.92 Å². The lowest BCUT2D eigenvalue weighted by Gasteiger charge is -2.30. The molecule has 0 saturated heterocycles. The van der Waals surface area contributed by atoms with Crippen LogP contribution in [-0.2, 0) is 4.74 Å². The van der Waals surface area contributed by atoms with Crippen molar-refractivity contribution >= 4 is 28.6 Å². The Bertz CT molecular complexity index is 1320. The Morgan fingerprint density at radius 2 is 1.83 bits per heavy atom. The van der Waals surface area contributed by atoms with Crippen LogP contribution in [0.15, 0.2) is 42.5 Å². The molecule has 7 nitrogen and oxygen atoms in total. The van der Waals surface area contributed by atoms with Crippen molar-refractivity contribution < 1.29 is 14.3 Å². The monoisotopic (exact) mass is 470 g/mol. The molecule has 2 saturated carbocycles. The fourth-order valence-corrected chi connectivity index (χ4v) is 4.81. The summed E-state index contributed by atoms with van der Waals surface area (Å²) in [6, 6.07) is 15.8. The summed E-state index contributed by atoms with van der Waals surface area (Å²) < 4.78 is 7.70. The molecule has 0 radical (unpaired) electrons. The van der Waals surface area contributed by atoms with E-state index in [1.807, 2.05) is 43.3 Å². The van der Waals surface area contributed by atoms with E-state index in [0.717, 1.165) is 54.3 Å². The Kier molecular flexibility index (Phi) is 5.98. The van der Waals surface area contributed by atoms with Gasteiger partial charge in [-0.3, -0.25) is 10.1 Å². The van der Waals surface area contributed by atoms with Gasteiger partial charge in [-0.15, -0.1) is 0 Å². The molecule has 5 rings (SSSR count). The molecule has 1 N–H and O–H groups in total. The third kappa shape index (κ3) is 4.37. The quantitative estimate of drug-likeness (QED) is 0.482. The second-order valence-corrected chi connectivity index (χ2v) is 9.87. The number of anilines is 1. The highest BCUT2D eigenvalue weighted by Gasteiger charge is 2.31. The van der Waals surface area contributed by atoms with Crippen LogP contribution in [0, 0.1) is 17.2 Å². The van der Waals surface area contributed by atoms with Crippen molar-refractivity contribution in [3.63, 3.8) is 0 Å². The standard InChI is InChI=1S/C28H30N4O3/c1-17(18-7-8-18)35-28(34)30-21-12-9-19(10-13-21)26-24(16-29)23-14-11-20(27(33)31(2)3)15-25(23)32(26)22-5-4-6-22/h9-15,17-18,22H,4-8H2,1-3H3,(H,30,34)/t17-/m1/s1. The highest BCUT2D eigenvalue weighted by Crippen LogP contribution is 2.43. The van der Waals surface area contributed by atoms with Crippen LogP contribution in [-0.4, -0.2) is 41.7 Å². The Hall–Kier alpha value is -3.79. The first-order valence-corrected chi connectivity index (χ1v) is 12.2. The number of nitrogens with one attached hydrogen (secondary N) is 1. The van der Waals surface area contributed by atoms with Crippen LogP contribution in [0.1, 0.15) is 61.0 Å². The number of ether oxygens (including phenoxy) is 1. The van der Waals surface area contributed by atoms with Gasteiger partial charge in [0.05, 0.1) is 16.8 Å². The van der Waals surface area contributed by atoms with Crippen LogP contribution in [0.2, 0.25) is 0 Å². The van der Waals surface area contributed by atoms with Gasteiger partial charge in [-0.1, -0.05) is 18.2 Å². The van der Waals surface area contributed by atoms with Crippen molar-refractivity contribution in [3.05, 3.63) is 53.6 Å². The van der Waals surface area contributed by atoms with Crippen LogP contribution in [0.5, 0.6) is 0 Å². The van der Waals surface area contributed by atoms with Gasteiger partial charge in [0.2, 0.25) is 0 Å². The molecule has 7 heteroatoms. The Morgan fingerprint density at radius 3 is 2.40 bits per heavy atom. The largest absolute Gasteiger partial charge is 0.446 e. The number of carbonyl (C=O) groups is 2. The zero-order chi connectivity index (χ0) is 24.7. The molecule has 2 fully saturated rings. The molecule has 1 atom stereocenters. The minimum Gasteiger partial charge on any atom is -0.446 e. The molecule has 0 unspecified atom stereocenters. The lowest BCUT2D eigenvalue weighted by atomic mass is 9.92. The molecule has 2 aromatic carbocycles. The van der Waals surface area contributed by atoms with Crippen molar-refractivity contribution in [1.82, 2.24) is 9.47 Å². The third-order valence-electron chi connectivity index (χ3n) is 7.19. The summed E-state index contributed by atoms with van der Waals surface area (Å²) in [6.07, 6.45) is 4.93. The van der Waals surface area contributed by atoms with E-state index in [1.54, 1.807) is 25.1 Å². The maximum absolute atomic E-state index is 12.6. The maximum Gasteiger partial charge on any atom is 0.411 e. The number of nitrogens with zero attached hydrogens (tertiary/aromatic N) is 3. The van der Waals surface area contributed by atoms with Gasteiger partial charge in [0.25, 0.3) is 5.91 Å². The van der Waals surface area contributed by atoms with Gasteiger partial charge in [-0.25, -0.2) is 4.79 Å². The number of benzene rings is 2. The number of hydrogen-bond donors (Lipinski definition) is 1. The Morgan fingerprint density at radius 1 is 1.11 bits per heavy atom. The van der Waals surface area contributed by atoms with E-state index >= 15 is 0 Å². The van der Waals surface area contributed by atoms with Crippen molar-refractivity contribution in [3.8, 4) is 17.3 Å². The van der Waals surface area contributed by atoms with Crippen LogP contribution in [0.3, 0.4) is 0 Å². The number of aromatic nitrogens is 1. The van der Waals surface area contributed by atoms with E-state index in [2.05, 4.69) is 16.0 Å². The Labute approximate surface area is 205 Å². The highest BCUT2D eigenvalue weighted by atomic mass is 16.6. The van der Waals surface area contributed by atoms with Gasteiger partial charge in [-0.05, 0) is 74.8 Å². The second kappa shape index (κ2) is 9.10. The molecule has 0 bridgehead atoms. The number of amides is 2. The molecule has 1 heterocycles. The minimum absolute atomic E-state index is 0.0633. The molecular formula is C28H30N4O3. The lowest BCUT2D eigenvalue weighted by molar-refractivity contribution is 0.0827. The summed E-state index contributed by atoms with van der Waals surface area (Å²) >= 11 is 0. The normalized spacial score (nSPS) is 16.3. The summed E-state index contributed by atoms with van der Waals surface area (Å²) in [5, 5.41) is 13.8. The predicted molar refractivity (Wildman–Crippen MR) is 135 cm³/mol. The van der Waals surface area contributed by atoms with Gasteiger partial charge in [0, 0.05) is 36.8 Å².